The van der Waals surface area contributed by atoms with Crippen LogP contribution in [0.2, 0.25) is 0 Å². The monoisotopic (exact) mass is 561 g/mol. The normalized spacial score (nSPS) is 14.7. The number of carbonyl (C=O) groups is 1. The smallest absolute Gasteiger partial charge is 0.220 e. The van der Waals surface area contributed by atoms with E-state index in [9.17, 15) is 4.79 Å². The van der Waals surface area contributed by atoms with E-state index in [0.29, 0.717) is 11.8 Å². The van der Waals surface area contributed by atoms with E-state index in [2.05, 4.69) is 44.2 Å². The first kappa shape index (κ1) is 37.2. The molecular weight excluding hydrogens is 488 g/mol. The molecule has 1 aliphatic carbocycles. The van der Waals surface area contributed by atoms with Crippen molar-refractivity contribution in [2.24, 2.45) is 5.41 Å². The van der Waals surface area contributed by atoms with Gasteiger partial charge in [-0.1, -0.05) is 115 Å². The Bertz CT molecular complexity index is 607. The molecule has 0 radical (unpaired) electrons. The van der Waals surface area contributed by atoms with Crippen molar-refractivity contribution in [3.63, 3.8) is 0 Å². The molecule has 1 amide bonds. The molecule has 1 rings (SSSR count). The maximum Gasteiger partial charge on any atom is 0.220 e. The van der Waals surface area contributed by atoms with Gasteiger partial charge in [0.2, 0.25) is 5.91 Å². The molecule has 1 fully saturated rings. The van der Waals surface area contributed by atoms with Crippen molar-refractivity contribution in [2.75, 3.05) is 27.2 Å². The number of amides is 1. The van der Waals surface area contributed by atoms with Crippen LogP contribution in [0.3, 0.4) is 0 Å². The van der Waals surface area contributed by atoms with Crippen molar-refractivity contribution < 1.29 is 4.79 Å². The van der Waals surface area contributed by atoms with Crippen LogP contribution < -0.4 is 5.32 Å². The van der Waals surface area contributed by atoms with Crippen molar-refractivity contribution in [3.05, 3.63) is 11.6 Å². The highest BCUT2D eigenvalue weighted by atomic mass is 16.1. The second-order valence-electron chi connectivity index (χ2n) is 13.6. The van der Waals surface area contributed by atoms with Crippen LogP contribution in [-0.2, 0) is 4.79 Å². The molecule has 0 aliphatic heterocycles. The predicted molar refractivity (Wildman–Crippen MR) is 178 cm³/mol. The minimum atomic E-state index is 0.231. The third-order valence-electron chi connectivity index (χ3n) is 9.22. The molecule has 0 aromatic carbocycles. The van der Waals surface area contributed by atoms with Crippen LogP contribution in [0, 0.1) is 5.41 Å². The van der Waals surface area contributed by atoms with E-state index < -0.39 is 0 Å². The average molecular weight is 561 g/mol. The van der Waals surface area contributed by atoms with Crippen molar-refractivity contribution >= 4 is 5.91 Å². The molecule has 0 bridgehead atoms. The van der Waals surface area contributed by atoms with Gasteiger partial charge in [-0.25, -0.2) is 0 Å². The Labute approximate surface area is 252 Å². The zero-order chi connectivity index (χ0) is 29.2. The first-order valence-corrected chi connectivity index (χ1v) is 18.1. The molecule has 236 valence electrons. The lowest BCUT2D eigenvalue weighted by atomic mass is 9.92. The van der Waals surface area contributed by atoms with Gasteiger partial charge in [0.1, 0.15) is 0 Å². The minimum absolute atomic E-state index is 0.231. The van der Waals surface area contributed by atoms with Crippen LogP contribution in [0.5, 0.6) is 0 Å². The summed E-state index contributed by atoms with van der Waals surface area (Å²) in [5.74, 6) is 0.231. The number of hydrogen-bond acceptors (Lipinski definition) is 2. The fourth-order valence-electron chi connectivity index (χ4n) is 6.21. The van der Waals surface area contributed by atoms with Crippen LogP contribution in [-0.4, -0.2) is 38.0 Å². The first-order valence-electron chi connectivity index (χ1n) is 18.1. The minimum Gasteiger partial charge on any atom is -0.356 e. The third kappa shape index (κ3) is 22.8. The maximum absolute atomic E-state index is 12.0. The summed E-state index contributed by atoms with van der Waals surface area (Å²) < 4.78 is 0. The van der Waals surface area contributed by atoms with Gasteiger partial charge in [-0.15, -0.1) is 0 Å². The molecule has 0 heterocycles. The molecule has 0 unspecified atom stereocenters. The van der Waals surface area contributed by atoms with E-state index in [0.717, 1.165) is 25.9 Å². The van der Waals surface area contributed by atoms with Gasteiger partial charge in [0.15, 0.2) is 0 Å². The molecule has 1 N–H and O–H groups in total. The zero-order valence-corrected chi connectivity index (χ0v) is 27.9. The number of rotatable bonds is 30. The van der Waals surface area contributed by atoms with Gasteiger partial charge >= 0.3 is 0 Å². The van der Waals surface area contributed by atoms with Gasteiger partial charge in [0, 0.05) is 13.0 Å². The summed E-state index contributed by atoms with van der Waals surface area (Å²) in [6, 6.07) is 0. The number of unbranched alkanes of at least 4 members (excludes halogenated alkanes) is 15. The molecule has 3 nitrogen and oxygen atoms in total. The maximum atomic E-state index is 12.0. The summed E-state index contributed by atoms with van der Waals surface area (Å²) in [6.45, 7) is 6.47. The topological polar surface area (TPSA) is 32.3 Å². The fraction of sp³-hybridized carbons (Fsp3) is 0.919. The average Bonchev–Trinajstić information content (AvgIpc) is 3.70. The predicted octanol–water partition coefficient (Wildman–Crippen LogP) is 11.2. The van der Waals surface area contributed by atoms with E-state index in [1.807, 2.05) is 0 Å². The summed E-state index contributed by atoms with van der Waals surface area (Å²) in [5.41, 5.74) is 2.44. The number of allylic oxidation sites excluding steroid dienone is 2. The second kappa shape index (κ2) is 25.8. The van der Waals surface area contributed by atoms with E-state index in [1.165, 1.54) is 154 Å². The summed E-state index contributed by atoms with van der Waals surface area (Å²) in [6.07, 6.45) is 39.1. The lowest BCUT2D eigenvalue weighted by Crippen LogP contribution is -2.25. The van der Waals surface area contributed by atoms with E-state index in [4.69, 9.17) is 0 Å². The first-order chi connectivity index (χ1) is 19.5. The van der Waals surface area contributed by atoms with Crippen LogP contribution >= 0.6 is 0 Å². The second-order valence-corrected chi connectivity index (χ2v) is 13.6. The summed E-state index contributed by atoms with van der Waals surface area (Å²) in [5, 5.41) is 3.13. The molecule has 40 heavy (non-hydrogen) atoms. The SMILES string of the molecule is CCCCCCCCCC/C(=C\CCCC1(CCCCNC(=O)CCCN(C)C)CC1)CCCCCCCCC. The molecule has 3 heteroatoms. The number of carbonyl (C=O) groups excluding carboxylic acids is 1. The largest absolute Gasteiger partial charge is 0.356 e. The molecule has 1 saturated carbocycles. The lowest BCUT2D eigenvalue weighted by molar-refractivity contribution is -0.121. The standard InChI is InChI=1S/C37H72N2O/c1-5-7-9-11-13-15-17-19-26-35(25-18-16-14-12-10-8-6-2)27-20-21-29-37(31-32-37)30-22-23-33-38-36(40)28-24-34-39(3)4/h27H,5-26,28-34H2,1-4H3,(H,38,40)/b35-27-. The van der Waals surface area contributed by atoms with Crippen molar-refractivity contribution in [3.8, 4) is 0 Å². The molecular formula is C37H72N2O. The molecule has 1 aliphatic rings. The number of nitrogens with one attached hydrogen (secondary N) is 1. The molecule has 0 spiro atoms. The van der Waals surface area contributed by atoms with Crippen LogP contribution in [0.15, 0.2) is 11.6 Å². The van der Waals surface area contributed by atoms with Crippen LogP contribution in [0.1, 0.15) is 187 Å². The van der Waals surface area contributed by atoms with Crippen molar-refractivity contribution in [1.29, 1.82) is 0 Å². The zero-order valence-electron chi connectivity index (χ0n) is 27.9. The van der Waals surface area contributed by atoms with Gasteiger partial charge in [0.05, 0.1) is 0 Å². The number of hydrogen-bond donors (Lipinski definition) is 1. The van der Waals surface area contributed by atoms with Crippen LogP contribution in [0.25, 0.3) is 0 Å². The highest BCUT2D eigenvalue weighted by Crippen LogP contribution is 2.53. The van der Waals surface area contributed by atoms with Crippen molar-refractivity contribution in [1.82, 2.24) is 10.2 Å². The van der Waals surface area contributed by atoms with Gasteiger partial charge in [-0.2, -0.15) is 0 Å². The van der Waals surface area contributed by atoms with Crippen LogP contribution in [0.4, 0.5) is 0 Å². The summed E-state index contributed by atoms with van der Waals surface area (Å²) in [7, 11) is 4.13. The summed E-state index contributed by atoms with van der Waals surface area (Å²) in [4.78, 5) is 14.1. The Kier molecular flexibility index (Phi) is 24.0. The lowest BCUT2D eigenvalue weighted by Gasteiger charge is -2.15. The molecule has 0 aromatic rings. The Balaban J connectivity index is 2.24. The van der Waals surface area contributed by atoms with Gasteiger partial charge in [-0.3, -0.25) is 4.79 Å². The van der Waals surface area contributed by atoms with Crippen molar-refractivity contribution in [2.45, 2.75) is 187 Å². The Morgan fingerprint density at radius 3 is 1.70 bits per heavy atom. The molecule has 0 saturated heterocycles. The van der Waals surface area contributed by atoms with Gasteiger partial charge in [0.25, 0.3) is 0 Å². The third-order valence-corrected chi connectivity index (χ3v) is 9.22. The molecule has 0 atom stereocenters. The van der Waals surface area contributed by atoms with E-state index in [-0.39, 0.29) is 5.91 Å². The molecule has 0 aromatic heterocycles. The number of nitrogens with zero attached hydrogens (tertiary/aromatic N) is 1. The van der Waals surface area contributed by atoms with E-state index in [1.54, 1.807) is 5.57 Å². The Morgan fingerprint density at radius 2 is 1.18 bits per heavy atom. The Hall–Kier alpha value is -0.830. The van der Waals surface area contributed by atoms with Gasteiger partial charge < -0.3 is 10.2 Å². The summed E-state index contributed by atoms with van der Waals surface area (Å²) >= 11 is 0. The Morgan fingerprint density at radius 1 is 0.650 bits per heavy atom. The van der Waals surface area contributed by atoms with Gasteiger partial charge in [-0.05, 0) is 103 Å². The highest BCUT2D eigenvalue weighted by molar-refractivity contribution is 5.75. The quantitative estimate of drug-likeness (QED) is 0.0700. The fourth-order valence-corrected chi connectivity index (χ4v) is 6.21. The highest BCUT2D eigenvalue weighted by Gasteiger charge is 2.40. The van der Waals surface area contributed by atoms with E-state index >= 15 is 0 Å².